The van der Waals surface area contributed by atoms with Crippen molar-refractivity contribution >= 4 is 22.7 Å². The van der Waals surface area contributed by atoms with E-state index in [9.17, 15) is 0 Å². The Kier molecular flexibility index (Phi) is 5.01. The van der Waals surface area contributed by atoms with E-state index in [1.807, 2.05) is 5.51 Å². The van der Waals surface area contributed by atoms with E-state index in [0.717, 1.165) is 24.5 Å². The van der Waals surface area contributed by atoms with Crippen molar-refractivity contribution in [2.45, 2.75) is 33.7 Å². The maximum Gasteiger partial charge on any atom is 0.0798 e. The van der Waals surface area contributed by atoms with Crippen LogP contribution >= 0.6 is 11.3 Å². The normalized spacial score (nSPS) is 12.2. The van der Waals surface area contributed by atoms with Crippen molar-refractivity contribution < 1.29 is 0 Å². The van der Waals surface area contributed by atoms with E-state index >= 15 is 0 Å². The molecule has 1 aromatic carbocycles. The molecule has 1 N–H and O–H groups in total. The molecule has 20 heavy (non-hydrogen) atoms. The molecule has 1 unspecified atom stereocenters. The molecule has 0 aliphatic carbocycles. The topological polar surface area (TPSA) is 28.2 Å². The fraction of sp³-hybridized carbons (Fsp3) is 0.438. The fourth-order valence-electron chi connectivity index (χ4n) is 2.40. The Balaban J connectivity index is 2.06. The molecule has 1 atom stereocenters. The van der Waals surface area contributed by atoms with Crippen molar-refractivity contribution in [3.8, 4) is 0 Å². The molecule has 2 aromatic rings. The van der Waals surface area contributed by atoms with E-state index in [1.165, 1.54) is 10.6 Å². The third-order valence-electron chi connectivity index (χ3n) is 3.55. The van der Waals surface area contributed by atoms with Crippen LogP contribution in [0, 0.1) is 6.92 Å². The third kappa shape index (κ3) is 3.31. The number of aromatic nitrogens is 1. The standard InChI is InChI=1S/C16H23N3S/c1-5-19(6-2)15-9-7-14(8-10-15)18-13(4)16-12(3)17-11-20-16/h7-11,13,18H,5-6H2,1-4H3. The SMILES string of the molecule is CCN(CC)c1ccc(NC(C)c2scnc2C)cc1. The van der Waals surface area contributed by atoms with Crippen molar-refractivity contribution in [1.29, 1.82) is 0 Å². The lowest BCUT2D eigenvalue weighted by Crippen LogP contribution is -2.21. The second kappa shape index (κ2) is 6.75. The highest BCUT2D eigenvalue weighted by Gasteiger charge is 2.11. The first-order valence-electron chi connectivity index (χ1n) is 7.17. The van der Waals surface area contributed by atoms with Crippen LogP contribution in [-0.2, 0) is 0 Å². The maximum atomic E-state index is 4.31. The molecule has 0 radical (unpaired) electrons. The molecule has 2 rings (SSSR count). The van der Waals surface area contributed by atoms with Crippen molar-refractivity contribution in [3.63, 3.8) is 0 Å². The Morgan fingerprint density at radius 1 is 1.20 bits per heavy atom. The van der Waals surface area contributed by atoms with Gasteiger partial charge in [0.25, 0.3) is 0 Å². The summed E-state index contributed by atoms with van der Waals surface area (Å²) in [7, 11) is 0. The summed E-state index contributed by atoms with van der Waals surface area (Å²) in [5, 5.41) is 3.54. The zero-order valence-electron chi connectivity index (χ0n) is 12.7. The second-order valence-corrected chi connectivity index (χ2v) is 5.77. The van der Waals surface area contributed by atoms with E-state index in [2.05, 4.69) is 67.2 Å². The van der Waals surface area contributed by atoms with Crippen LogP contribution in [0.4, 0.5) is 11.4 Å². The Bertz CT molecular complexity index is 529. The molecule has 1 aromatic heterocycles. The number of hydrogen-bond acceptors (Lipinski definition) is 4. The first-order chi connectivity index (χ1) is 9.65. The molecular formula is C16H23N3S. The van der Waals surface area contributed by atoms with Crippen molar-refractivity contribution in [2.75, 3.05) is 23.3 Å². The van der Waals surface area contributed by atoms with Gasteiger partial charge < -0.3 is 10.2 Å². The van der Waals surface area contributed by atoms with Crippen LogP contribution in [0.3, 0.4) is 0 Å². The van der Waals surface area contributed by atoms with Gasteiger partial charge in [0.15, 0.2) is 0 Å². The lowest BCUT2D eigenvalue weighted by Gasteiger charge is -2.22. The van der Waals surface area contributed by atoms with E-state index in [-0.39, 0.29) is 0 Å². The predicted molar refractivity (Wildman–Crippen MR) is 88.9 cm³/mol. The number of benzene rings is 1. The van der Waals surface area contributed by atoms with Crippen LogP contribution in [0.25, 0.3) is 0 Å². The minimum absolute atomic E-state index is 0.293. The summed E-state index contributed by atoms with van der Waals surface area (Å²) in [6.07, 6.45) is 0. The summed E-state index contributed by atoms with van der Waals surface area (Å²) in [5.41, 5.74) is 5.46. The third-order valence-corrected chi connectivity index (χ3v) is 4.67. The van der Waals surface area contributed by atoms with E-state index in [4.69, 9.17) is 0 Å². The first-order valence-corrected chi connectivity index (χ1v) is 8.05. The highest BCUT2D eigenvalue weighted by atomic mass is 32.1. The molecule has 4 heteroatoms. The Labute approximate surface area is 125 Å². The molecule has 0 amide bonds. The summed E-state index contributed by atoms with van der Waals surface area (Å²) < 4.78 is 0. The van der Waals surface area contributed by atoms with Gasteiger partial charge in [0, 0.05) is 29.3 Å². The monoisotopic (exact) mass is 289 g/mol. The summed E-state index contributed by atoms with van der Waals surface area (Å²) in [6, 6.07) is 8.96. The van der Waals surface area contributed by atoms with Gasteiger partial charge in [0.05, 0.1) is 17.2 Å². The Hall–Kier alpha value is -1.55. The highest BCUT2D eigenvalue weighted by molar-refractivity contribution is 7.09. The van der Waals surface area contributed by atoms with Gasteiger partial charge in [-0.3, -0.25) is 0 Å². The average Bonchev–Trinajstić information content (AvgIpc) is 2.88. The van der Waals surface area contributed by atoms with Crippen LogP contribution < -0.4 is 10.2 Å². The second-order valence-electron chi connectivity index (χ2n) is 4.89. The molecule has 0 aliphatic heterocycles. The highest BCUT2D eigenvalue weighted by Crippen LogP contribution is 2.26. The van der Waals surface area contributed by atoms with Crippen molar-refractivity contribution in [3.05, 3.63) is 40.3 Å². The van der Waals surface area contributed by atoms with Gasteiger partial charge >= 0.3 is 0 Å². The molecule has 0 saturated heterocycles. The van der Waals surface area contributed by atoms with Gasteiger partial charge in [0.2, 0.25) is 0 Å². The number of aryl methyl sites for hydroxylation is 1. The fourth-order valence-corrected chi connectivity index (χ4v) is 3.21. The summed E-state index contributed by atoms with van der Waals surface area (Å²) in [5.74, 6) is 0. The molecular weight excluding hydrogens is 266 g/mol. The average molecular weight is 289 g/mol. The predicted octanol–water partition coefficient (Wildman–Crippen LogP) is 4.47. The van der Waals surface area contributed by atoms with Gasteiger partial charge in [-0.25, -0.2) is 4.98 Å². The number of anilines is 2. The largest absolute Gasteiger partial charge is 0.378 e. The van der Waals surface area contributed by atoms with Gasteiger partial charge in [-0.15, -0.1) is 11.3 Å². The van der Waals surface area contributed by atoms with Gasteiger partial charge in [-0.1, -0.05) is 0 Å². The lowest BCUT2D eigenvalue weighted by molar-refractivity contribution is 0.865. The van der Waals surface area contributed by atoms with Crippen LogP contribution in [0.1, 0.15) is 37.4 Å². The minimum Gasteiger partial charge on any atom is -0.378 e. The smallest absolute Gasteiger partial charge is 0.0798 e. The molecule has 1 heterocycles. The van der Waals surface area contributed by atoms with Crippen LogP contribution in [0.15, 0.2) is 29.8 Å². The van der Waals surface area contributed by atoms with E-state index < -0.39 is 0 Å². The van der Waals surface area contributed by atoms with Crippen LogP contribution in [0.5, 0.6) is 0 Å². The Morgan fingerprint density at radius 2 is 1.85 bits per heavy atom. The molecule has 108 valence electrons. The minimum atomic E-state index is 0.293. The molecule has 0 spiro atoms. The summed E-state index contributed by atoms with van der Waals surface area (Å²) >= 11 is 1.71. The Morgan fingerprint density at radius 3 is 2.35 bits per heavy atom. The summed E-state index contributed by atoms with van der Waals surface area (Å²) in [6.45, 7) is 10.7. The maximum absolute atomic E-state index is 4.31. The number of rotatable bonds is 6. The lowest BCUT2D eigenvalue weighted by atomic mass is 10.2. The summed E-state index contributed by atoms with van der Waals surface area (Å²) in [4.78, 5) is 7.96. The van der Waals surface area contributed by atoms with Crippen LogP contribution in [0.2, 0.25) is 0 Å². The van der Waals surface area contributed by atoms with Gasteiger partial charge in [-0.2, -0.15) is 0 Å². The number of nitrogens with one attached hydrogen (secondary N) is 1. The quantitative estimate of drug-likeness (QED) is 0.850. The number of hydrogen-bond donors (Lipinski definition) is 1. The van der Waals surface area contributed by atoms with Crippen molar-refractivity contribution in [1.82, 2.24) is 4.98 Å². The molecule has 0 saturated carbocycles. The van der Waals surface area contributed by atoms with Gasteiger partial charge in [0.1, 0.15) is 0 Å². The first kappa shape index (κ1) is 14.9. The van der Waals surface area contributed by atoms with E-state index in [0.29, 0.717) is 6.04 Å². The zero-order valence-corrected chi connectivity index (χ0v) is 13.5. The van der Waals surface area contributed by atoms with Gasteiger partial charge in [-0.05, 0) is 52.0 Å². The number of nitrogens with zero attached hydrogens (tertiary/aromatic N) is 2. The molecule has 0 fully saturated rings. The molecule has 0 aliphatic rings. The van der Waals surface area contributed by atoms with E-state index in [1.54, 1.807) is 11.3 Å². The number of thiazole rings is 1. The molecule has 0 bridgehead atoms. The molecule has 3 nitrogen and oxygen atoms in total. The zero-order chi connectivity index (χ0) is 14.5. The van der Waals surface area contributed by atoms with Crippen molar-refractivity contribution in [2.24, 2.45) is 0 Å². The van der Waals surface area contributed by atoms with Crippen LogP contribution in [-0.4, -0.2) is 18.1 Å².